The molecule has 3 aromatic rings. The second-order valence-electron chi connectivity index (χ2n) is 6.34. The molecule has 1 atom stereocenters. The molecule has 130 valence electrons. The Bertz CT molecular complexity index is 803. The maximum Gasteiger partial charge on any atom is 0.138 e. The number of hydrogen-bond donors (Lipinski definition) is 0. The van der Waals surface area contributed by atoms with Crippen molar-refractivity contribution in [3.63, 3.8) is 0 Å². The highest BCUT2D eigenvalue weighted by Crippen LogP contribution is 2.30. The third-order valence-electron chi connectivity index (χ3n) is 4.13. The summed E-state index contributed by atoms with van der Waals surface area (Å²) in [4.78, 5) is 4.13. The predicted molar refractivity (Wildman–Crippen MR) is 102 cm³/mol. The first-order valence-electron chi connectivity index (χ1n) is 8.18. The second kappa shape index (κ2) is 7.94. The van der Waals surface area contributed by atoms with Gasteiger partial charge < -0.3 is 9.30 Å². The Hall–Kier alpha value is -1.97. The molecule has 0 aliphatic carbocycles. The standard InChI is InChI=1S/C20H20Cl2N2O/c1-20(14-24-13-12-23-15-24,25-19-5-3-2-4-18(19)22)11-10-16-6-8-17(21)9-7-16/h2-9,12-13,15H,10-11,14H2,1H3. The molecule has 1 unspecified atom stereocenters. The maximum atomic E-state index is 6.34. The van der Waals surface area contributed by atoms with Crippen molar-refractivity contribution >= 4 is 23.2 Å². The minimum Gasteiger partial charge on any atom is -0.484 e. The molecular weight excluding hydrogens is 355 g/mol. The van der Waals surface area contributed by atoms with Crippen LogP contribution in [0, 0.1) is 0 Å². The van der Waals surface area contributed by atoms with Crippen LogP contribution >= 0.6 is 23.2 Å². The van der Waals surface area contributed by atoms with E-state index < -0.39 is 5.60 Å². The fraction of sp³-hybridized carbons (Fsp3) is 0.250. The molecule has 0 amide bonds. The Kier molecular flexibility index (Phi) is 5.67. The van der Waals surface area contributed by atoms with Crippen LogP contribution in [0.3, 0.4) is 0 Å². The van der Waals surface area contributed by atoms with Crippen molar-refractivity contribution in [3.05, 3.63) is 82.9 Å². The van der Waals surface area contributed by atoms with E-state index in [0.29, 0.717) is 17.3 Å². The van der Waals surface area contributed by atoms with Gasteiger partial charge in [0.1, 0.15) is 11.4 Å². The van der Waals surface area contributed by atoms with Gasteiger partial charge in [0.05, 0.1) is 17.9 Å². The first-order valence-corrected chi connectivity index (χ1v) is 8.93. The second-order valence-corrected chi connectivity index (χ2v) is 7.19. The van der Waals surface area contributed by atoms with Crippen molar-refractivity contribution in [1.82, 2.24) is 9.55 Å². The van der Waals surface area contributed by atoms with Crippen molar-refractivity contribution in [2.75, 3.05) is 0 Å². The van der Waals surface area contributed by atoms with E-state index in [1.54, 1.807) is 12.5 Å². The van der Waals surface area contributed by atoms with Gasteiger partial charge in [0.25, 0.3) is 0 Å². The molecule has 0 bridgehead atoms. The van der Waals surface area contributed by atoms with Gasteiger partial charge in [-0.25, -0.2) is 4.98 Å². The zero-order valence-corrected chi connectivity index (χ0v) is 15.5. The summed E-state index contributed by atoms with van der Waals surface area (Å²) < 4.78 is 8.37. The number of nitrogens with zero attached hydrogens (tertiary/aromatic N) is 2. The van der Waals surface area contributed by atoms with Gasteiger partial charge in [-0.05, 0) is 49.6 Å². The average molecular weight is 375 g/mol. The summed E-state index contributed by atoms with van der Waals surface area (Å²) in [7, 11) is 0. The Balaban J connectivity index is 1.78. The number of halogens is 2. The van der Waals surface area contributed by atoms with Crippen molar-refractivity contribution in [2.24, 2.45) is 0 Å². The van der Waals surface area contributed by atoms with Crippen molar-refractivity contribution in [1.29, 1.82) is 0 Å². The van der Waals surface area contributed by atoms with Crippen LogP contribution in [0.25, 0.3) is 0 Å². The number of ether oxygens (including phenoxy) is 1. The zero-order chi connectivity index (χ0) is 17.7. The lowest BCUT2D eigenvalue weighted by Gasteiger charge is -2.31. The van der Waals surface area contributed by atoms with E-state index in [2.05, 4.69) is 24.0 Å². The molecule has 5 heteroatoms. The van der Waals surface area contributed by atoms with E-state index in [0.717, 1.165) is 17.9 Å². The monoisotopic (exact) mass is 374 g/mol. The topological polar surface area (TPSA) is 27.1 Å². The third kappa shape index (κ3) is 5.00. The lowest BCUT2D eigenvalue weighted by molar-refractivity contribution is 0.0606. The van der Waals surface area contributed by atoms with Gasteiger partial charge >= 0.3 is 0 Å². The van der Waals surface area contributed by atoms with Gasteiger partial charge in [-0.15, -0.1) is 0 Å². The average Bonchev–Trinajstić information content (AvgIpc) is 3.09. The van der Waals surface area contributed by atoms with E-state index in [-0.39, 0.29) is 0 Å². The highest BCUT2D eigenvalue weighted by molar-refractivity contribution is 6.32. The molecular formula is C20H20Cl2N2O. The lowest BCUT2D eigenvalue weighted by atomic mass is 9.96. The molecule has 2 aromatic carbocycles. The summed E-state index contributed by atoms with van der Waals surface area (Å²) in [5.74, 6) is 0.697. The summed E-state index contributed by atoms with van der Waals surface area (Å²) in [5, 5.41) is 1.36. The van der Waals surface area contributed by atoms with Gasteiger partial charge in [0, 0.05) is 17.4 Å². The SMILES string of the molecule is CC(CCc1ccc(Cl)cc1)(Cn1ccnc1)Oc1ccccc1Cl. The van der Waals surface area contributed by atoms with E-state index in [4.69, 9.17) is 27.9 Å². The van der Waals surface area contributed by atoms with Crippen molar-refractivity contribution < 1.29 is 4.74 Å². The highest BCUT2D eigenvalue weighted by atomic mass is 35.5. The van der Waals surface area contributed by atoms with Gasteiger partial charge in [-0.3, -0.25) is 0 Å². The normalized spacial score (nSPS) is 13.4. The van der Waals surface area contributed by atoms with Crippen LogP contribution in [0.2, 0.25) is 10.0 Å². The minimum absolute atomic E-state index is 0.425. The summed E-state index contributed by atoms with van der Waals surface area (Å²) in [6.07, 6.45) is 7.23. The van der Waals surface area contributed by atoms with Crippen LogP contribution in [0.4, 0.5) is 0 Å². The molecule has 3 nitrogen and oxygen atoms in total. The molecule has 0 saturated heterocycles. The number of para-hydroxylation sites is 1. The molecule has 0 spiro atoms. The van der Waals surface area contributed by atoms with Crippen LogP contribution in [0.1, 0.15) is 18.9 Å². The molecule has 0 saturated carbocycles. The highest BCUT2D eigenvalue weighted by Gasteiger charge is 2.28. The summed E-state index contributed by atoms with van der Waals surface area (Å²) >= 11 is 12.3. The molecule has 0 fully saturated rings. The summed E-state index contributed by atoms with van der Waals surface area (Å²) in [6, 6.07) is 15.5. The first kappa shape index (κ1) is 17.8. The maximum absolute atomic E-state index is 6.34. The largest absolute Gasteiger partial charge is 0.484 e. The Morgan fingerprint density at radius 1 is 1.08 bits per heavy atom. The van der Waals surface area contributed by atoms with Gasteiger partial charge in [-0.1, -0.05) is 47.5 Å². The molecule has 25 heavy (non-hydrogen) atoms. The number of aryl methyl sites for hydroxylation is 1. The Morgan fingerprint density at radius 2 is 1.84 bits per heavy atom. The zero-order valence-electron chi connectivity index (χ0n) is 14.0. The minimum atomic E-state index is -0.425. The van der Waals surface area contributed by atoms with Gasteiger partial charge in [0.15, 0.2) is 0 Å². The summed E-state index contributed by atoms with van der Waals surface area (Å²) in [6.45, 7) is 2.79. The van der Waals surface area contributed by atoms with Crippen LogP contribution in [0.5, 0.6) is 5.75 Å². The van der Waals surface area contributed by atoms with E-state index in [9.17, 15) is 0 Å². The predicted octanol–water partition coefficient (Wildman–Crippen LogP) is 5.66. The number of imidazole rings is 1. The van der Waals surface area contributed by atoms with Gasteiger partial charge in [-0.2, -0.15) is 0 Å². The summed E-state index contributed by atoms with van der Waals surface area (Å²) in [5.41, 5.74) is 0.801. The molecule has 0 N–H and O–H groups in total. The van der Waals surface area contributed by atoms with Crippen molar-refractivity contribution in [3.8, 4) is 5.75 Å². The molecule has 0 radical (unpaired) electrons. The number of rotatable bonds is 7. The quantitative estimate of drug-likeness (QED) is 0.533. The fourth-order valence-electron chi connectivity index (χ4n) is 2.78. The molecule has 0 aliphatic rings. The van der Waals surface area contributed by atoms with E-state index >= 15 is 0 Å². The fourth-order valence-corrected chi connectivity index (χ4v) is 3.08. The van der Waals surface area contributed by atoms with Crippen LogP contribution < -0.4 is 4.74 Å². The number of benzene rings is 2. The molecule has 0 aliphatic heterocycles. The molecule has 1 heterocycles. The number of hydrogen-bond acceptors (Lipinski definition) is 2. The first-order chi connectivity index (χ1) is 12.0. The lowest BCUT2D eigenvalue weighted by Crippen LogP contribution is -2.38. The van der Waals surface area contributed by atoms with Gasteiger partial charge in [0.2, 0.25) is 0 Å². The molecule has 1 aromatic heterocycles. The van der Waals surface area contributed by atoms with E-state index in [1.807, 2.05) is 47.2 Å². The van der Waals surface area contributed by atoms with E-state index in [1.165, 1.54) is 5.56 Å². The van der Waals surface area contributed by atoms with Crippen molar-refractivity contribution in [2.45, 2.75) is 31.9 Å². The smallest absolute Gasteiger partial charge is 0.138 e. The number of aromatic nitrogens is 2. The molecule has 3 rings (SSSR count). The van der Waals surface area contributed by atoms with Crippen LogP contribution in [-0.4, -0.2) is 15.2 Å². The Morgan fingerprint density at radius 3 is 2.52 bits per heavy atom. The van der Waals surface area contributed by atoms with Crippen LogP contribution in [-0.2, 0) is 13.0 Å². The third-order valence-corrected chi connectivity index (χ3v) is 4.69. The van der Waals surface area contributed by atoms with Crippen LogP contribution in [0.15, 0.2) is 67.3 Å². The Labute approximate surface area is 158 Å².